The largest absolute Gasteiger partial charge is 0.415 e. The van der Waals surface area contributed by atoms with E-state index in [1.165, 1.54) is 14.2 Å². The van der Waals surface area contributed by atoms with Gasteiger partial charge in [0.25, 0.3) is 0 Å². The normalized spacial score (nSPS) is 21.0. The SMILES string of the molecule is COC(c1ccccc1)C1N([C@H](C)c2ccccc2)C(=O)OC1(OC)OC. The molecule has 0 aromatic heterocycles. The summed E-state index contributed by atoms with van der Waals surface area (Å²) in [6, 6.07) is 18.5. The molecule has 2 aromatic rings. The molecular formula is C21H25NO5. The van der Waals surface area contributed by atoms with Crippen LogP contribution in [0.1, 0.15) is 30.2 Å². The monoisotopic (exact) mass is 371 g/mol. The number of hydrogen-bond donors (Lipinski definition) is 0. The van der Waals surface area contributed by atoms with Gasteiger partial charge in [0.15, 0.2) is 6.04 Å². The standard InChI is InChI=1S/C21H25NO5/c1-15(16-11-7-5-8-12-16)22-19(21(25-3,26-4)27-20(22)23)18(24-2)17-13-9-6-10-14-17/h5-15,18-19H,1-4H3/t15-,18?,19?/m1/s1. The number of cyclic esters (lactones) is 1. The number of rotatable bonds is 7. The molecule has 144 valence electrons. The summed E-state index contributed by atoms with van der Waals surface area (Å²) in [6.07, 6.45) is -1.03. The van der Waals surface area contributed by atoms with Gasteiger partial charge in [-0.3, -0.25) is 4.90 Å². The first-order valence-corrected chi connectivity index (χ1v) is 8.82. The molecule has 6 nitrogen and oxygen atoms in total. The fourth-order valence-electron chi connectivity index (χ4n) is 3.64. The molecule has 1 aliphatic rings. The molecule has 0 N–H and O–H groups in total. The lowest BCUT2D eigenvalue weighted by Crippen LogP contribution is -2.52. The number of nitrogens with zero attached hydrogens (tertiary/aromatic N) is 1. The first kappa shape index (κ1) is 19.4. The highest BCUT2D eigenvalue weighted by Gasteiger charge is 2.61. The van der Waals surface area contributed by atoms with Crippen molar-refractivity contribution in [2.75, 3.05) is 21.3 Å². The van der Waals surface area contributed by atoms with Crippen molar-refractivity contribution in [2.45, 2.75) is 31.1 Å². The van der Waals surface area contributed by atoms with Gasteiger partial charge in [-0.25, -0.2) is 4.79 Å². The van der Waals surface area contributed by atoms with Gasteiger partial charge >= 0.3 is 12.1 Å². The van der Waals surface area contributed by atoms with Crippen LogP contribution in [0.3, 0.4) is 0 Å². The van der Waals surface area contributed by atoms with Crippen LogP contribution in [0.5, 0.6) is 0 Å². The zero-order chi connectivity index (χ0) is 19.4. The molecule has 3 atom stereocenters. The van der Waals surface area contributed by atoms with Crippen LogP contribution in [0.2, 0.25) is 0 Å². The van der Waals surface area contributed by atoms with Crippen LogP contribution in [0, 0.1) is 0 Å². The Morgan fingerprint density at radius 1 is 0.926 bits per heavy atom. The third kappa shape index (κ3) is 3.43. The number of hydrogen-bond acceptors (Lipinski definition) is 5. The molecule has 0 saturated carbocycles. The van der Waals surface area contributed by atoms with E-state index in [9.17, 15) is 4.79 Å². The van der Waals surface area contributed by atoms with E-state index in [2.05, 4.69) is 0 Å². The maximum Gasteiger partial charge on any atom is 0.415 e. The minimum Gasteiger partial charge on any atom is -0.389 e. The smallest absolute Gasteiger partial charge is 0.389 e. The van der Waals surface area contributed by atoms with Gasteiger partial charge in [-0.2, -0.15) is 0 Å². The molecule has 0 bridgehead atoms. The minimum absolute atomic E-state index is 0.266. The number of ether oxygens (including phenoxy) is 4. The maximum absolute atomic E-state index is 12.9. The van der Waals surface area contributed by atoms with E-state index in [1.807, 2.05) is 67.6 Å². The molecule has 1 heterocycles. The Bertz CT molecular complexity index is 748. The Hall–Kier alpha value is -2.41. The predicted molar refractivity (Wildman–Crippen MR) is 99.9 cm³/mol. The summed E-state index contributed by atoms with van der Waals surface area (Å²) in [5.74, 6) is -1.57. The van der Waals surface area contributed by atoms with Crippen molar-refractivity contribution in [3.63, 3.8) is 0 Å². The van der Waals surface area contributed by atoms with Gasteiger partial charge in [0.2, 0.25) is 0 Å². The Morgan fingerprint density at radius 3 is 1.93 bits per heavy atom. The van der Waals surface area contributed by atoms with Crippen molar-refractivity contribution < 1.29 is 23.7 Å². The Kier molecular flexibility index (Phi) is 5.79. The number of methoxy groups -OCH3 is 3. The molecular weight excluding hydrogens is 346 g/mol. The van der Waals surface area contributed by atoms with E-state index in [4.69, 9.17) is 18.9 Å². The zero-order valence-electron chi connectivity index (χ0n) is 16.0. The highest BCUT2D eigenvalue weighted by molar-refractivity contribution is 5.72. The summed E-state index contributed by atoms with van der Waals surface area (Å²) in [7, 11) is 4.51. The minimum atomic E-state index is -1.57. The molecule has 1 amide bonds. The van der Waals surface area contributed by atoms with Crippen LogP contribution < -0.4 is 0 Å². The van der Waals surface area contributed by atoms with Gasteiger partial charge in [-0.05, 0) is 18.1 Å². The molecule has 2 aromatic carbocycles. The molecule has 27 heavy (non-hydrogen) atoms. The van der Waals surface area contributed by atoms with Crippen molar-refractivity contribution in [3.8, 4) is 0 Å². The fraction of sp³-hybridized carbons (Fsp3) is 0.381. The Balaban J connectivity index is 2.08. The molecule has 1 fully saturated rings. The van der Waals surface area contributed by atoms with E-state index in [0.717, 1.165) is 11.1 Å². The third-order valence-corrected chi connectivity index (χ3v) is 5.04. The van der Waals surface area contributed by atoms with Crippen LogP contribution in [0.25, 0.3) is 0 Å². The first-order chi connectivity index (χ1) is 13.1. The van der Waals surface area contributed by atoms with Crippen LogP contribution in [-0.4, -0.2) is 44.3 Å². The maximum atomic E-state index is 12.9. The lowest BCUT2D eigenvalue weighted by molar-refractivity contribution is -0.343. The van der Waals surface area contributed by atoms with Crippen molar-refractivity contribution in [1.29, 1.82) is 0 Å². The van der Waals surface area contributed by atoms with E-state index < -0.39 is 24.2 Å². The van der Waals surface area contributed by atoms with E-state index in [-0.39, 0.29) is 6.04 Å². The Labute approximate surface area is 159 Å². The number of amides is 1. The van der Waals surface area contributed by atoms with Gasteiger partial charge in [0, 0.05) is 21.3 Å². The predicted octanol–water partition coefficient (Wildman–Crippen LogP) is 3.90. The molecule has 6 heteroatoms. The molecule has 0 radical (unpaired) electrons. The Morgan fingerprint density at radius 2 is 1.44 bits per heavy atom. The number of carbonyl (C=O) groups is 1. The van der Waals surface area contributed by atoms with Crippen molar-refractivity contribution in [2.24, 2.45) is 0 Å². The summed E-state index contributed by atoms with van der Waals surface area (Å²) in [4.78, 5) is 14.5. The lowest BCUT2D eigenvalue weighted by atomic mass is 9.96. The average molecular weight is 371 g/mol. The van der Waals surface area contributed by atoms with Crippen LogP contribution in [0.15, 0.2) is 60.7 Å². The van der Waals surface area contributed by atoms with Gasteiger partial charge in [-0.15, -0.1) is 0 Å². The van der Waals surface area contributed by atoms with Crippen LogP contribution >= 0.6 is 0 Å². The summed E-state index contributed by atoms with van der Waals surface area (Å²) in [5, 5.41) is 0. The zero-order valence-corrected chi connectivity index (χ0v) is 16.0. The van der Waals surface area contributed by atoms with Crippen molar-refractivity contribution in [3.05, 3.63) is 71.8 Å². The van der Waals surface area contributed by atoms with Crippen LogP contribution in [0.4, 0.5) is 4.79 Å². The summed E-state index contributed by atoms with van der Waals surface area (Å²) in [5.41, 5.74) is 1.87. The molecule has 1 saturated heterocycles. The van der Waals surface area contributed by atoms with Gasteiger partial charge < -0.3 is 18.9 Å². The second-order valence-electron chi connectivity index (χ2n) is 6.39. The topological polar surface area (TPSA) is 57.2 Å². The van der Waals surface area contributed by atoms with Crippen molar-refractivity contribution >= 4 is 6.09 Å². The summed E-state index contributed by atoms with van der Waals surface area (Å²) < 4.78 is 22.5. The number of carbonyl (C=O) groups excluding carboxylic acids is 1. The fourth-order valence-corrected chi connectivity index (χ4v) is 3.64. The first-order valence-electron chi connectivity index (χ1n) is 8.82. The summed E-state index contributed by atoms with van der Waals surface area (Å²) in [6.45, 7) is 1.95. The lowest BCUT2D eigenvalue weighted by Gasteiger charge is -2.38. The van der Waals surface area contributed by atoms with Crippen LogP contribution in [-0.2, 0) is 18.9 Å². The summed E-state index contributed by atoms with van der Waals surface area (Å²) >= 11 is 0. The quantitative estimate of drug-likeness (QED) is 0.691. The average Bonchev–Trinajstić information content (AvgIpc) is 3.02. The second-order valence-corrected chi connectivity index (χ2v) is 6.39. The van der Waals surface area contributed by atoms with Gasteiger partial charge in [0.1, 0.15) is 6.10 Å². The van der Waals surface area contributed by atoms with Gasteiger partial charge in [-0.1, -0.05) is 60.7 Å². The molecule has 0 aliphatic carbocycles. The molecule has 0 spiro atoms. The highest BCUT2D eigenvalue weighted by atomic mass is 16.9. The van der Waals surface area contributed by atoms with Gasteiger partial charge in [0.05, 0.1) is 6.04 Å². The second kappa shape index (κ2) is 8.08. The van der Waals surface area contributed by atoms with E-state index >= 15 is 0 Å². The molecule has 1 aliphatic heterocycles. The third-order valence-electron chi connectivity index (χ3n) is 5.04. The van der Waals surface area contributed by atoms with Crippen molar-refractivity contribution in [1.82, 2.24) is 4.90 Å². The highest BCUT2D eigenvalue weighted by Crippen LogP contribution is 2.44. The molecule has 2 unspecified atom stereocenters. The van der Waals surface area contributed by atoms with E-state index in [1.54, 1.807) is 12.0 Å². The number of benzene rings is 2. The molecule has 3 rings (SSSR count). The van der Waals surface area contributed by atoms with E-state index in [0.29, 0.717) is 0 Å².